The van der Waals surface area contributed by atoms with Gasteiger partial charge in [-0.25, -0.2) is 8.42 Å². The van der Waals surface area contributed by atoms with Gasteiger partial charge in [-0.1, -0.05) is 61.5 Å². The number of carbonyl (C=O) groups excluding carboxylic acids is 2. The van der Waals surface area contributed by atoms with Crippen LogP contribution in [-0.4, -0.2) is 44.8 Å². The molecule has 2 amide bonds. The van der Waals surface area contributed by atoms with E-state index in [9.17, 15) is 18.0 Å². The van der Waals surface area contributed by atoms with Gasteiger partial charge in [-0.2, -0.15) is 0 Å². The lowest BCUT2D eigenvalue weighted by Gasteiger charge is -2.33. The predicted octanol–water partition coefficient (Wildman–Crippen LogP) is 4.05. The van der Waals surface area contributed by atoms with Gasteiger partial charge in [0.2, 0.25) is 11.8 Å². The highest BCUT2D eigenvalue weighted by molar-refractivity contribution is 7.92. The van der Waals surface area contributed by atoms with Crippen molar-refractivity contribution < 1.29 is 18.0 Å². The molecular weight excluding hydrogens is 474 g/mol. The molecule has 3 aromatic rings. The van der Waals surface area contributed by atoms with Gasteiger partial charge in [0.1, 0.15) is 12.6 Å². The summed E-state index contributed by atoms with van der Waals surface area (Å²) in [6, 6.07) is 22.0. The molecule has 0 aliphatic heterocycles. The Kier molecular flexibility index (Phi) is 8.88. The van der Waals surface area contributed by atoms with Gasteiger partial charge in [-0.15, -0.1) is 0 Å². The van der Waals surface area contributed by atoms with Gasteiger partial charge < -0.3 is 10.2 Å². The number of likely N-dealkylation sites (N-methyl/N-ethyl adjacent to an activating group) is 1. The second-order valence-electron chi connectivity index (χ2n) is 8.65. The lowest BCUT2D eigenvalue weighted by atomic mass is 10.1. The Bertz CT molecular complexity index is 1310. The number of nitrogens with one attached hydrogen (secondary N) is 1. The maximum absolute atomic E-state index is 13.9. The molecule has 3 rings (SSSR count). The van der Waals surface area contributed by atoms with E-state index >= 15 is 0 Å². The fourth-order valence-corrected chi connectivity index (χ4v) is 5.52. The van der Waals surface area contributed by atoms with Crippen molar-refractivity contribution in [3.63, 3.8) is 0 Å². The lowest BCUT2D eigenvalue weighted by molar-refractivity contribution is -0.140. The molecule has 0 saturated heterocycles. The molecule has 3 aromatic carbocycles. The maximum atomic E-state index is 13.9. The summed E-state index contributed by atoms with van der Waals surface area (Å²) in [5.41, 5.74) is 3.12. The number of anilines is 1. The van der Waals surface area contributed by atoms with Crippen LogP contribution in [0.5, 0.6) is 0 Å². The average molecular weight is 508 g/mol. The van der Waals surface area contributed by atoms with Crippen LogP contribution < -0.4 is 9.62 Å². The van der Waals surface area contributed by atoms with Crippen LogP contribution in [0.1, 0.15) is 30.0 Å². The molecule has 1 N–H and O–H groups in total. The SMILES string of the molecule is CC[C@H](C(=O)NC)N(Cc1ccccc1C)C(=O)CN(c1cccc(C)c1)S(=O)(=O)c1ccccc1. The highest BCUT2D eigenvalue weighted by Crippen LogP contribution is 2.25. The third-order valence-electron chi connectivity index (χ3n) is 6.13. The topological polar surface area (TPSA) is 86.8 Å². The van der Waals surface area contributed by atoms with Gasteiger partial charge in [-0.3, -0.25) is 13.9 Å². The van der Waals surface area contributed by atoms with Crippen molar-refractivity contribution in [3.8, 4) is 0 Å². The van der Waals surface area contributed by atoms with Crippen LogP contribution in [0.25, 0.3) is 0 Å². The van der Waals surface area contributed by atoms with Gasteiger partial charge in [0.25, 0.3) is 10.0 Å². The molecule has 0 saturated carbocycles. The van der Waals surface area contributed by atoms with E-state index in [2.05, 4.69) is 5.32 Å². The van der Waals surface area contributed by atoms with Crippen molar-refractivity contribution in [3.05, 3.63) is 95.6 Å². The largest absolute Gasteiger partial charge is 0.357 e. The quantitative estimate of drug-likeness (QED) is 0.449. The Morgan fingerprint density at radius 2 is 1.58 bits per heavy atom. The van der Waals surface area contributed by atoms with Crippen LogP contribution in [0.2, 0.25) is 0 Å². The van der Waals surface area contributed by atoms with Crippen LogP contribution in [0, 0.1) is 13.8 Å². The summed E-state index contributed by atoms with van der Waals surface area (Å²) in [6.45, 7) is 5.38. The molecule has 0 spiro atoms. The fourth-order valence-electron chi connectivity index (χ4n) is 4.09. The fraction of sp³-hybridized carbons (Fsp3) is 0.286. The summed E-state index contributed by atoms with van der Waals surface area (Å²) < 4.78 is 28.6. The molecule has 0 heterocycles. The second kappa shape index (κ2) is 11.9. The first-order valence-corrected chi connectivity index (χ1v) is 13.3. The number of amides is 2. The van der Waals surface area contributed by atoms with E-state index in [-0.39, 0.29) is 17.3 Å². The molecule has 0 aromatic heterocycles. The number of nitrogens with zero attached hydrogens (tertiary/aromatic N) is 2. The first kappa shape index (κ1) is 26.9. The normalized spacial score (nSPS) is 12.0. The molecule has 0 aliphatic rings. The summed E-state index contributed by atoms with van der Waals surface area (Å²) in [6.07, 6.45) is 0.382. The van der Waals surface area contributed by atoms with Gasteiger partial charge in [0, 0.05) is 13.6 Å². The third-order valence-corrected chi connectivity index (χ3v) is 7.92. The number of sulfonamides is 1. The number of hydrogen-bond donors (Lipinski definition) is 1. The molecule has 0 aliphatic carbocycles. The van der Waals surface area contributed by atoms with Crippen molar-refractivity contribution >= 4 is 27.5 Å². The van der Waals surface area contributed by atoms with Crippen molar-refractivity contribution in [1.29, 1.82) is 0 Å². The highest BCUT2D eigenvalue weighted by atomic mass is 32.2. The maximum Gasteiger partial charge on any atom is 0.264 e. The van der Waals surface area contributed by atoms with E-state index in [1.54, 1.807) is 36.4 Å². The minimum Gasteiger partial charge on any atom is -0.357 e. The summed E-state index contributed by atoms with van der Waals surface area (Å²) in [5.74, 6) is -0.762. The van der Waals surface area contributed by atoms with Crippen molar-refractivity contribution in [2.75, 3.05) is 17.9 Å². The van der Waals surface area contributed by atoms with E-state index in [4.69, 9.17) is 0 Å². The molecule has 190 valence electrons. The Hall–Kier alpha value is -3.65. The van der Waals surface area contributed by atoms with Crippen molar-refractivity contribution in [2.24, 2.45) is 0 Å². The zero-order valence-electron chi connectivity index (χ0n) is 21.1. The van der Waals surface area contributed by atoms with Crippen molar-refractivity contribution in [2.45, 2.75) is 44.7 Å². The molecule has 7 nitrogen and oxygen atoms in total. The van der Waals surface area contributed by atoms with Crippen LogP contribution in [0.15, 0.2) is 83.8 Å². The molecule has 0 unspecified atom stereocenters. The van der Waals surface area contributed by atoms with Crippen LogP contribution in [0.4, 0.5) is 5.69 Å². The molecule has 1 atom stereocenters. The van der Waals surface area contributed by atoms with Crippen LogP contribution in [-0.2, 0) is 26.2 Å². The summed E-state index contributed by atoms with van der Waals surface area (Å²) in [4.78, 5) is 28.2. The van der Waals surface area contributed by atoms with E-state index in [0.29, 0.717) is 12.1 Å². The van der Waals surface area contributed by atoms with Crippen molar-refractivity contribution in [1.82, 2.24) is 10.2 Å². The third kappa shape index (κ3) is 6.12. The van der Waals surface area contributed by atoms with E-state index in [0.717, 1.165) is 21.0 Å². The van der Waals surface area contributed by atoms with E-state index in [1.165, 1.54) is 24.1 Å². The second-order valence-corrected chi connectivity index (χ2v) is 10.5. The van der Waals surface area contributed by atoms with E-state index < -0.39 is 28.5 Å². The zero-order valence-corrected chi connectivity index (χ0v) is 22.0. The lowest BCUT2D eigenvalue weighted by Crippen LogP contribution is -2.51. The number of benzene rings is 3. The molecule has 0 fully saturated rings. The summed E-state index contributed by atoms with van der Waals surface area (Å²) >= 11 is 0. The average Bonchev–Trinajstić information content (AvgIpc) is 2.88. The van der Waals surface area contributed by atoms with Gasteiger partial charge in [-0.05, 0) is 61.2 Å². The van der Waals surface area contributed by atoms with E-state index in [1.807, 2.05) is 51.1 Å². The predicted molar refractivity (Wildman–Crippen MR) is 142 cm³/mol. The molecule has 8 heteroatoms. The number of aryl methyl sites for hydroxylation is 2. The first-order valence-electron chi connectivity index (χ1n) is 11.9. The number of rotatable bonds is 10. The van der Waals surface area contributed by atoms with Crippen LogP contribution in [0.3, 0.4) is 0 Å². The summed E-state index contributed by atoms with van der Waals surface area (Å²) in [5, 5.41) is 2.64. The smallest absolute Gasteiger partial charge is 0.264 e. The molecule has 36 heavy (non-hydrogen) atoms. The Morgan fingerprint density at radius 3 is 2.19 bits per heavy atom. The summed E-state index contributed by atoms with van der Waals surface area (Å²) in [7, 11) is -2.53. The molecule has 0 radical (unpaired) electrons. The van der Waals surface area contributed by atoms with Crippen LogP contribution >= 0.6 is 0 Å². The van der Waals surface area contributed by atoms with Gasteiger partial charge in [0.05, 0.1) is 10.6 Å². The zero-order chi connectivity index (χ0) is 26.3. The highest BCUT2D eigenvalue weighted by Gasteiger charge is 2.33. The Labute approximate surface area is 213 Å². The number of hydrogen-bond acceptors (Lipinski definition) is 4. The monoisotopic (exact) mass is 507 g/mol. The molecular formula is C28H33N3O4S. The van der Waals surface area contributed by atoms with Gasteiger partial charge in [0.15, 0.2) is 0 Å². The Morgan fingerprint density at radius 1 is 0.917 bits per heavy atom. The Balaban J connectivity index is 2.06. The minimum absolute atomic E-state index is 0.0862. The minimum atomic E-state index is -4.05. The standard InChI is InChI=1S/C28H33N3O4S/c1-5-26(28(33)29-4)30(19-23-14-10-9-13-22(23)3)27(32)20-31(24-15-11-12-21(2)18-24)36(34,35)25-16-7-6-8-17-25/h6-18,26H,5,19-20H2,1-4H3,(H,29,33)/t26-/m1/s1. The number of carbonyl (C=O) groups is 2. The van der Waals surface area contributed by atoms with Gasteiger partial charge >= 0.3 is 0 Å². The first-order chi connectivity index (χ1) is 17.2. The molecule has 0 bridgehead atoms.